The van der Waals surface area contributed by atoms with Gasteiger partial charge in [-0.05, 0) is 86.3 Å². The van der Waals surface area contributed by atoms with Crippen LogP contribution in [-0.2, 0) is 9.47 Å². The number of ether oxygens (including phenoxy) is 3. The largest absolute Gasteiger partial charge is 0.468 e. The molecule has 2 bridgehead atoms. The summed E-state index contributed by atoms with van der Waals surface area (Å²) in [4.78, 5) is 26.6. The van der Waals surface area contributed by atoms with E-state index >= 15 is 8.78 Å². The fraction of sp³-hybridized carbons (Fsp3) is 0.500. The van der Waals surface area contributed by atoms with Crippen molar-refractivity contribution in [2.24, 2.45) is 0 Å². The fourth-order valence-corrected chi connectivity index (χ4v) is 14.4. The highest BCUT2D eigenvalue weighted by atomic mass is 28.3. The lowest BCUT2D eigenvalue weighted by Gasteiger charge is -2.42. The van der Waals surface area contributed by atoms with Crippen molar-refractivity contribution < 1.29 is 27.8 Å². The zero-order chi connectivity index (χ0) is 40.9. The third-order valence-corrected chi connectivity index (χ3v) is 17.9. The molecule has 2 aliphatic rings. The smallest absolute Gasteiger partial charge is 0.410 e. The predicted octanol–water partition coefficient (Wildman–Crippen LogP) is 10.0. The van der Waals surface area contributed by atoms with Crippen molar-refractivity contribution in [3.8, 4) is 34.5 Å². The summed E-state index contributed by atoms with van der Waals surface area (Å²) in [6, 6.07) is 8.35. The topological polar surface area (TPSA) is 101 Å². The summed E-state index contributed by atoms with van der Waals surface area (Å²) < 4.78 is 50.5. The molecule has 12 heteroatoms. The number of anilines is 1. The Morgan fingerprint density at radius 3 is 2.23 bits per heavy atom. The van der Waals surface area contributed by atoms with Crippen molar-refractivity contribution in [3.05, 3.63) is 58.9 Å². The molecule has 2 aromatic heterocycles. The normalized spacial score (nSPS) is 17.2. The number of hydrogen-bond acceptors (Lipinski definition) is 8. The van der Waals surface area contributed by atoms with Gasteiger partial charge in [0.25, 0.3) is 0 Å². The van der Waals surface area contributed by atoms with Gasteiger partial charge in [-0.3, -0.25) is 9.88 Å². The molecule has 0 radical (unpaired) electrons. The highest BCUT2D eigenvalue weighted by molar-refractivity contribution is 6.90. The van der Waals surface area contributed by atoms with Crippen molar-refractivity contribution in [2.75, 3.05) is 31.9 Å². The van der Waals surface area contributed by atoms with E-state index in [1.165, 1.54) is 13.2 Å². The highest BCUT2D eigenvalue weighted by Crippen LogP contribution is 2.44. The molecule has 56 heavy (non-hydrogen) atoms. The molecule has 4 heterocycles. The van der Waals surface area contributed by atoms with Crippen molar-refractivity contribution in [2.45, 2.75) is 116 Å². The maximum atomic E-state index is 17.5. The zero-order valence-corrected chi connectivity index (χ0v) is 35.4. The van der Waals surface area contributed by atoms with Gasteiger partial charge in [-0.2, -0.15) is 5.26 Å². The van der Waals surface area contributed by atoms with Gasteiger partial charge < -0.3 is 19.1 Å². The van der Waals surface area contributed by atoms with E-state index in [4.69, 9.17) is 24.2 Å². The number of pyridine rings is 2. The highest BCUT2D eigenvalue weighted by Gasteiger charge is 2.45. The lowest BCUT2D eigenvalue weighted by molar-refractivity contribution is 0.0123. The maximum Gasteiger partial charge on any atom is 0.410 e. The molecule has 2 aliphatic heterocycles. The summed E-state index contributed by atoms with van der Waals surface area (Å²) in [5, 5.41) is 11.9. The van der Waals surface area contributed by atoms with Crippen LogP contribution in [0.3, 0.4) is 0 Å². The first-order valence-corrected chi connectivity index (χ1v) is 21.7. The first kappa shape index (κ1) is 40.9. The minimum Gasteiger partial charge on any atom is -0.468 e. The van der Waals surface area contributed by atoms with Crippen molar-refractivity contribution in [3.63, 3.8) is 0 Å². The molecule has 2 atom stereocenters. The number of hydrogen-bond donors (Lipinski definition) is 0. The number of nitrogens with zero attached hydrogens (tertiary/aromatic N) is 5. The fourth-order valence-electron chi connectivity index (χ4n) is 9.15. The summed E-state index contributed by atoms with van der Waals surface area (Å²) in [6.07, 6.45) is 2.81. The minimum atomic E-state index is -2.29. The maximum absolute atomic E-state index is 17.5. The molecular weight excluding hydrogens is 729 g/mol. The van der Waals surface area contributed by atoms with E-state index in [9.17, 15) is 10.1 Å². The van der Waals surface area contributed by atoms with Crippen LogP contribution in [-0.4, -0.2) is 73.7 Å². The molecular formula is C44H53F2N5O4Si. The van der Waals surface area contributed by atoms with Gasteiger partial charge >= 0.3 is 6.09 Å². The quantitative estimate of drug-likeness (QED) is 0.0990. The van der Waals surface area contributed by atoms with Gasteiger partial charge in [0.05, 0.1) is 17.6 Å². The number of carbonyl (C=O) groups excluding carboxylic acids is 1. The van der Waals surface area contributed by atoms with Crippen LogP contribution in [0.2, 0.25) is 16.6 Å². The molecule has 2 unspecified atom stereocenters. The van der Waals surface area contributed by atoms with Crippen LogP contribution in [0.15, 0.2) is 30.5 Å². The Morgan fingerprint density at radius 2 is 1.66 bits per heavy atom. The minimum absolute atomic E-state index is 0.0296. The van der Waals surface area contributed by atoms with Crippen molar-refractivity contribution in [1.29, 1.82) is 5.26 Å². The molecule has 0 N–H and O–H groups in total. The van der Waals surface area contributed by atoms with Crippen LogP contribution in [0.1, 0.15) is 92.0 Å². The Labute approximate surface area is 330 Å². The van der Waals surface area contributed by atoms with Gasteiger partial charge in [0.2, 0.25) is 0 Å². The van der Waals surface area contributed by atoms with Crippen LogP contribution in [0, 0.1) is 41.4 Å². The first-order valence-electron chi connectivity index (χ1n) is 19.5. The molecule has 9 nitrogen and oxygen atoms in total. The summed E-state index contributed by atoms with van der Waals surface area (Å²) >= 11 is 0. The molecule has 4 aromatic rings. The molecule has 0 aliphatic carbocycles. The third kappa shape index (κ3) is 7.30. The summed E-state index contributed by atoms with van der Waals surface area (Å²) in [5.74, 6) is 2.96. The van der Waals surface area contributed by atoms with E-state index in [0.717, 1.165) is 12.8 Å². The molecule has 6 rings (SSSR count). The number of rotatable bonds is 8. The molecule has 296 valence electrons. The third-order valence-electron chi connectivity index (χ3n) is 11.6. The van der Waals surface area contributed by atoms with Crippen LogP contribution in [0.5, 0.6) is 5.75 Å². The van der Waals surface area contributed by atoms with Gasteiger partial charge in [0.1, 0.15) is 48.5 Å². The van der Waals surface area contributed by atoms with Crippen LogP contribution in [0.4, 0.5) is 19.4 Å². The van der Waals surface area contributed by atoms with Crippen molar-refractivity contribution >= 4 is 41.5 Å². The monoisotopic (exact) mass is 781 g/mol. The second-order valence-electron chi connectivity index (χ2n) is 17.1. The van der Waals surface area contributed by atoms with Crippen LogP contribution < -0.4 is 9.64 Å². The van der Waals surface area contributed by atoms with Crippen LogP contribution in [0.25, 0.3) is 32.8 Å². The van der Waals surface area contributed by atoms with Gasteiger partial charge in [-0.25, -0.2) is 18.6 Å². The molecule has 0 saturated carbocycles. The second kappa shape index (κ2) is 15.6. The summed E-state index contributed by atoms with van der Waals surface area (Å²) in [7, 11) is -0.783. The van der Waals surface area contributed by atoms with Gasteiger partial charge in [0.15, 0.2) is 12.6 Å². The lowest BCUT2D eigenvalue weighted by Crippen LogP contribution is -2.57. The number of aryl methyl sites for hydroxylation is 1. The number of methoxy groups -OCH3 is 1. The zero-order valence-electron chi connectivity index (χ0n) is 34.4. The second-order valence-corrected chi connectivity index (χ2v) is 22.7. The van der Waals surface area contributed by atoms with E-state index in [0.29, 0.717) is 68.6 Å². The van der Waals surface area contributed by atoms with E-state index in [2.05, 4.69) is 59.1 Å². The van der Waals surface area contributed by atoms with Gasteiger partial charge in [-0.1, -0.05) is 53.5 Å². The number of aromatic nitrogens is 2. The van der Waals surface area contributed by atoms with E-state index < -0.39 is 25.3 Å². The number of piperazine rings is 1. The van der Waals surface area contributed by atoms with Crippen LogP contribution >= 0.6 is 0 Å². The molecule has 2 aromatic carbocycles. The molecule has 0 spiro atoms. The summed E-state index contributed by atoms with van der Waals surface area (Å²) in [5.41, 5.74) is 4.88. The number of fused-ring (bicyclic) bond motifs is 4. The number of nitriles is 1. The van der Waals surface area contributed by atoms with E-state index in [1.54, 1.807) is 31.3 Å². The average Bonchev–Trinajstić information content (AvgIpc) is 3.39. The van der Waals surface area contributed by atoms with Gasteiger partial charge in [0, 0.05) is 48.1 Å². The van der Waals surface area contributed by atoms with E-state index in [1.807, 2.05) is 30.6 Å². The number of carbonyl (C=O) groups is 1. The predicted molar refractivity (Wildman–Crippen MR) is 219 cm³/mol. The Kier molecular flexibility index (Phi) is 11.4. The number of amides is 1. The Hall–Kier alpha value is -4.78. The lowest BCUT2D eigenvalue weighted by atomic mass is 9.94. The molecule has 2 fully saturated rings. The molecule has 2 saturated heterocycles. The SMILES string of the molecule is COCOc1cc(-c2ncc3c(N4CC5CCC(C4)N5C(=O)OC(C)(C)C)nc(C#N)c(C)c3c2F)c2c(C#C[Si](C(C)C)(C(C)C)C(C)C)c(F)ccc2c1. The van der Waals surface area contributed by atoms with Gasteiger partial charge in [-0.15, -0.1) is 5.54 Å². The van der Waals surface area contributed by atoms with Crippen molar-refractivity contribution in [1.82, 2.24) is 14.9 Å². The standard InChI is InChI=1S/C44H53F2N5O4Si/c1-25(2)56(26(3)4,27(5)6)17-16-33-36(45)15-12-29-18-32(54-24-53-11)19-34(39(29)33)41-40(46)38-28(7)37(20-47)49-42(35(38)21-48-41)50-22-30-13-14-31(23-50)51(30)43(52)55-44(8,9)10/h12,15,18-19,21,25-27,30-31H,13-14,22-24H2,1-11H3. The first-order chi connectivity index (χ1) is 26.4. The number of halogens is 2. The summed E-state index contributed by atoms with van der Waals surface area (Å²) in [6.45, 7) is 21.2. The van der Waals surface area contributed by atoms with E-state index in [-0.39, 0.29) is 47.3 Å². The molecule has 1 amide bonds. The Morgan fingerprint density at radius 1 is 1.02 bits per heavy atom. The number of benzene rings is 2. The Balaban J connectivity index is 1.55. The Bertz CT molecular complexity index is 2250. The average molecular weight is 782 g/mol.